The first-order valence-electron chi connectivity index (χ1n) is 9.47. The molecule has 3 aromatic rings. The number of hydrogen-bond donors (Lipinski definition) is 1. The average Bonchev–Trinajstić information content (AvgIpc) is 2.70. The van der Waals surface area contributed by atoms with Crippen molar-refractivity contribution >= 4 is 16.5 Å². The molecular weight excluding hydrogens is 334 g/mol. The molecule has 1 aliphatic rings. The van der Waals surface area contributed by atoms with Crippen LogP contribution in [0.4, 0.5) is 0 Å². The smallest absolute Gasteiger partial charge is 0.115 e. The summed E-state index contributed by atoms with van der Waals surface area (Å²) in [6.07, 6.45) is 0. The van der Waals surface area contributed by atoms with Gasteiger partial charge in [0, 0.05) is 32.7 Å². The van der Waals surface area contributed by atoms with Crippen molar-refractivity contribution in [2.24, 2.45) is 5.10 Å². The second kappa shape index (κ2) is 7.80. The van der Waals surface area contributed by atoms with Crippen LogP contribution in [0.15, 0.2) is 71.8 Å². The fourth-order valence-corrected chi connectivity index (χ4v) is 3.64. The summed E-state index contributed by atoms with van der Waals surface area (Å²) in [4.78, 5) is 2.50. The van der Waals surface area contributed by atoms with Gasteiger partial charge in [-0.15, -0.1) is 0 Å². The van der Waals surface area contributed by atoms with Gasteiger partial charge >= 0.3 is 0 Å². The van der Waals surface area contributed by atoms with Crippen LogP contribution in [0.5, 0.6) is 5.75 Å². The van der Waals surface area contributed by atoms with E-state index in [1.54, 1.807) is 12.1 Å². The quantitative estimate of drug-likeness (QED) is 0.713. The zero-order valence-corrected chi connectivity index (χ0v) is 15.7. The maximum Gasteiger partial charge on any atom is 0.115 e. The minimum absolute atomic E-state index is 0.286. The zero-order valence-electron chi connectivity index (χ0n) is 15.7. The molecule has 4 rings (SSSR count). The first-order chi connectivity index (χ1) is 13.2. The van der Waals surface area contributed by atoms with Crippen LogP contribution in [0.25, 0.3) is 10.8 Å². The summed E-state index contributed by atoms with van der Waals surface area (Å²) in [5, 5.41) is 19.0. The topological polar surface area (TPSA) is 39.1 Å². The number of piperazine rings is 1. The van der Waals surface area contributed by atoms with Crippen LogP contribution in [0, 0.1) is 0 Å². The Kier molecular flexibility index (Phi) is 5.07. The molecule has 0 unspecified atom stereocenters. The van der Waals surface area contributed by atoms with E-state index in [-0.39, 0.29) is 5.75 Å². The Balaban J connectivity index is 1.39. The molecule has 3 aromatic carbocycles. The van der Waals surface area contributed by atoms with Gasteiger partial charge in [-0.1, -0.05) is 42.5 Å². The molecule has 0 amide bonds. The van der Waals surface area contributed by atoms with Crippen LogP contribution in [-0.2, 0) is 6.54 Å². The summed E-state index contributed by atoms with van der Waals surface area (Å²) in [5.41, 5.74) is 3.42. The van der Waals surface area contributed by atoms with E-state index in [4.69, 9.17) is 5.10 Å². The second-order valence-corrected chi connectivity index (χ2v) is 7.10. The molecule has 1 N–H and O–H groups in total. The highest BCUT2D eigenvalue weighted by atomic mass is 16.3. The van der Waals surface area contributed by atoms with E-state index in [0.29, 0.717) is 0 Å². The standard InChI is InChI=1S/C23H25N3O/c1-18(19-9-11-22(27)12-10-19)24-26-15-13-25(14-16-26)17-21-7-4-6-20-5-2-3-8-23(20)21/h2-12,27H,13-17H2,1H3/b24-18+. The van der Waals surface area contributed by atoms with E-state index in [1.165, 1.54) is 16.3 Å². The van der Waals surface area contributed by atoms with Gasteiger partial charge in [-0.05, 0) is 53.1 Å². The van der Waals surface area contributed by atoms with Gasteiger partial charge in [0.15, 0.2) is 0 Å². The van der Waals surface area contributed by atoms with Gasteiger partial charge in [-0.25, -0.2) is 0 Å². The van der Waals surface area contributed by atoms with Gasteiger partial charge < -0.3 is 5.11 Å². The maximum absolute atomic E-state index is 9.42. The molecule has 0 spiro atoms. The molecular formula is C23H25N3O. The lowest BCUT2D eigenvalue weighted by Gasteiger charge is -2.33. The molecule has 4 nitrogen and oxygen atoms in total. The molecule has 1 aliphatic heterocycles. The van der Waals surface area contributed by atoms with Crippen molar-refractivity contribution in [1.82, 2.24) is 9.91 Å². The molecule has 27 heavy (non-hydrogen) atoms. The summed E-state index contributed by atoms with van der Waals surface area (Å²) >= 11 is 0. The average molecular weight is 359 g/mol. The van der Waals surface area contributed by atoms with Crippen molar-refractivity contribution in [3.05, 3.63) is 77.9 Å². The van der Waals surface area contributed by atoms with Crippen LogP contribution in [0.2, 0.25) is 0 Å². The van der Waals surface area contributed by atoms with E-state index in [1.807, 2.05) is 19.1 Å². The molecule has 0 aromatic heterocycles. The van der Waals surface area contributed by atoms with Gasteiger partial charge in [0.2, 0.25) is 0 Å². The summed E-state index contributed by atoms with van der Waals surface area (Å²) in [6, 6.07) is 22.4. The first kappa shape index (κ1) is 17.6. The third-order valence-corrected chi connectivity index (χ3v) is 5.20. The lowest BCUT2D eigenvalue weighted by Crippen LogP contribution is -2.43. The van der Waals surface area contributed by atoms with Crippen LogP contribution in [0.1, 0.15) is 18.1 Å². The third-order valence-electron chi connectivity index (χ3n) is 5.20. The SMILES string of the molecule is C/C(=N\N1CCN(Cc2cccc3ccccc23)CC1)c1ccc(O)cc1. The van der Waals surface area contributed by atoms with Crippen LogP contribution in [-0.4, -0.2) is 46.9 Å². The second-order valence-electron chi connectivity index (χ2n) is 7.10. The number of phenols is 1. The van der Waals surface area contributed by atoms with Crippen LogP contribution >= 0.6 is 0 Å². The summed E-state index contributed by atoms with van der Waals surface area (Å²) in [7, 11) is 0. The highest BCUT2D eigenvalue weighted by molar-refractivity contribution is 5.98. The van der Waals surface area contributed by atoms with Crippen LogP contribution < -0.4 is 0 Å². The normalized spacial score (nSPS) is 16.0. The Bertz CT molecular complexity index is 936. The number of aromatic hydroxyl groups is 1. The molecule has 4 heteroatoms. The van der Waals surface area contributed by atoms with E-state index in [9.17, 15) is 5.11 Å². The minimum Gasteiger partial charge on any atom is -0.508 e. The van der Waals surface area contributed by atoms with Gasteiger partial charge in [-0.3, -0.25) is 9.91 Å². The van der Waals surface area contributed by atoms with Crippen LogP contribution in [0.3, 0.4) is 0 Å². The van der Waals surface area contributed by atoms with E-state index < -0.39 is 0 Å². The molecule has 0 atom stereocenters. The first-order valence-corrected chi connectivity index (χ1v) is 9.47. The Labute approximate surface area is 160 Å². The number of benzene rings is 3. The summed E-state index contributed by atoms with van der Waals surface area (Å²) < 4.78 is 0. The van der Waals surface area contributed by atoms with Gasteiger partial charge in [0.25, 0.3) is 0 Å². The largest absolute Gasteiger partial charge is 0.508 e. The van der Waals surface area contributed by atoms with Gasteiger partial charge in [0.05, 0.1) is 5.71 Å². The number of rotatable bonds is 4. The number of fused-ring (bicyclic) bond motifs is 1. The van der Waals surface area contributed by atoms with E-state index >= 15 is 0 Å². The highest BCUT2D eigenvalue weighted by Crippen LogP contribution is 2.20. The lowest BCUT2D eigenvalue weighted by molar-refractivity contribution is 0.131. The monoisotopic (exact) mass is 359 g/mol. The highest BCUT2D eigenvalue weighted by Gasteiger charge is 2.17. The minimum atomic E-state index is 0.286. The predicted octanol–water partition coefficient (Wildman–Crippen LogP) is 4.09. The lowest BCUT2D eigenvalue weighted by atomic mass is 10.0. The molecule has 0 radical (unpaired) electrons. The number of hydrogen-bond acceptors (Lipinski definition) is 4. The maximum atomic E-state index is 9.42. The molecule has 1 fully saturated rings. The zero-order chi connectivity index (χ0) is 18.6. The van der Waals surface area contributed by atoms with Gasteiger partial charge in [-0.2, -0.15) is 5.10 Å². The van der Waals surface area contributed by atoms with Crippen molar-refractivity contribution in [2.45, 2.75) is 13.5 Å². The van der Waals surface area contributed by atoms with E-state index in [2.05, 4.69) is 52.4 Å². The molecule has 0 aliphatic carbocycles. The summed E-state index contributed by atoms with van der Waals surface area (Å²) in [5.74, 6) is 0.286. The number of hydrazone groups is 1. The number of phenolic OH excluding ortho intramolecular Hbond substituents is 1. The Morgan fingerprint density at radius 2 is 1.59 bits per heavy atom. The number of nitrogens with zero attached hydrogens (tertiary/aromatic N) is 3. The van der Waals surface area contributed by atoms with E-state index in [0.717, 1.165) is 44.0 Å². The van der Waals surface area contributed by atoms with Crippen molar-refractivity contribution in [3.63, 3.8) is 0 Å². The Hall–Kier alpha value is -2.85. The third kappa shape index (κ3) is 4.12. The molecule has 0 saturated carbocycles. The molecule has 1 saturated heterocycles. The van der Waals surface area contributed by atoms with Crippen molar-refractivity contribution in [1.29, 1.82) is 0 Å². The molecule has 1 heterocycles. The van der Waals surface area contributed by atoms with Gasteiger partial charge in [0.1, 0.15) is 5.75 Å². The predicted molar refractivity (Wildman–Crippen MR) is 111 cm³/mol. The summed E-state index contributed by atoms with van der Waals surface area (Å²) in [6.45, 7) is 6.89. The molecule has 0 bridgehead atoms. The fraction of sp³-hybridized carbons (Fsp3) is 0.261. The Morgan fingerprint density at radius 1 is 0.889 bits per heavy atom. The fourth-order valence-electron chi connectivity index (χ4n) is 3.64. The van der Waals surface area contributed by atoms with Crippen molar-refractivity contribution in [3.8, 4) is 5.75 Å². The Morgan fingerprint density at radius 3 is 2.37 bits per heavy atom. The van der Waals surface area contributed by atoms with Crippen molar-refractivity contribution < 1.29 is 5.11 Å². The molecule has 138 valence electrons. The van der Waals surface area contributed by atoms with Crippen molar-refractivity contribution in [2.75, 3.05) is 26.2 Å².